The maximum absolute atomic E-state index is 11.6. The van der Waals surface area contributed by atoms with Crippen LogP contribution in [-0.2, 0) is 6.61 Å². The smallest absolute Gasteiger partial charge is 0.292 e. The third kappa shape index (κ3) is 3.77. The minimum Gasteiger partial charge on any atom is -0.489 e. The Morgan fingerprint density at radius 1 is 1.06 bits per heavy atom. The molecule has 0 spiro atoms. The average Bonchev–Trinajstić information content (AvgIpc) is 3.28. The maximum atomic E-state index is 11.6. The van der Waals surface area contributed by atoms with E-state index in [0.29, 0.717) is 23.2 Å². The summed E-state index contributed by atoms with van der Waals surface area (Å²) in [4.78, 5) is 11.3. The Bertz CT molecular complexity index is 1140. The van der Waals surface area contributed by atoms with Gasteiger partial charge in [-0.15, -0.1) is 0 Å². The van der Waals surface area contributed by atoms with Crippen LogP contribution in [0.1, 0.15) is 35.1 Å². The van der Waals surface area contributed by atoms with E-state index in [1.54, 1.807) is 12.1 Å². The van der Waals surface area contributed by atoms with Gasteiger partial charge in [0.15, 0.2) is 0 Å². The van der Waals surface area contributed by atoms with Crippen LogP contribution in [0.2, 0.25) is 5.02 Å². The van der Waals surface area contributed by atoms with Crippen LogP contribution in [-0.4, -0.2) is 4.92 Å². The third-order valence-electron chi connectivity index (χ3n) is 6.13. The van der Waals surface area contributed by atoms with Gasteiger partial charge in [-0.3, -0.25) is 10.1 Å². The zero-order valence-corrected chi connectivity index (χ0v) is 17.5. The molecule has 6 heteroatoms. The molecule has 3 aromatic carbocycles. The standard InChI is InChI=1S/C25H21ClN2O3/c26-18-11-7-16(8-12-18)15-31-19-13-9-17(10-14-19)24-21-4-1-3-20(21)22-5-2-6-23(28(29)30)25(22)27-24/h1-3,5-14,20-21,24,27H,4,15H2. The van der Waals surface area contributed by atoms with E-state index >= 15 is 0 Å². The summed E-state index contributed by atoms with van der Waals surface area (Å²) in [5, 5.41) is 15.8. The number of para-hydroxylation sites is 1. The number of nitrogens with one attached hydrogen (secondary N) is 1. The fraction of sp³-hybridized carbons (Fsp3) is 0.200. The summed E-state index contributed by atoms with van der Waals surface area (Å²) < 4.78 is 5.90. The van der Waals surface area contributed by atoms with Crippen molar-refractivity contribution >= 4 is 23.0 Å². The monoisotopic (exact) mass is 432 g/mol. The molecule has 1 N–H and O–H groups in total. The maximum Gasteiger partial charge on any atom is 0.292 e. The van der Waals surface area contributed by atoms with Crippen molar-refractivity contribution in [3.63, 3.8) is 0 Å². The second-order valence-corrected chi connectivity index (χ2v) is 8.39. The lowest BCUT2D eigenvalue weighted by Gasteiger charge is -2.37. The first-order chi connectivity index (χ1) is 15.1. The van der Waals surface area contributed by atoms with Gasteiger partial charge in [-0.2, -0.15) is 0 Å². The van der Waals surface area contributed by atoms with Gasteiger partial charge in [0.1, 0.15) is 18.0 Å². The van der Waals surface area contributed by atoms with Crippen molar-refractivity contribution in [1.82, 2.24) is 0 Å². The van der Waals surface area contributed by atoms with E-state index in [4.69, 9.17) is 16.3 Å². The number of anilines is 1. The van der Waals surface area contributed by atoms with Crippen molar-refractivity contribution in [1.29, 1.82) is 0 Å². The number of nitro groups is 1. The van der Waals surface area contributed by atoms with E-state index in [1.165, 1.54) is 0 Å². The molecule has 0 saturated heterocycles. The number of hydrogen-bond acceptors (Lipinski definition) is 4. The molecule has 1 aliphatic carbocycles. The van der Waals surface area contributed by atoms with Crippen LogP contribution < -0.4 is 10.1 Å². The Hall–Kier alpha value is -3.31. The molecule has 0 bridgehead atoms. The Morgan fingerprint density at radius 2 is 1.84 bits per heavy atom. The quantitative estimate of drug-likeness (QED) is 0.278. The van der Waals surface area contributed by atoms with E-state index in [1.807, 2.05) is 54.6 Å². The summed E-state index contributed by atoms with van der Waals surface area (Å²) in [6, 6.07) is 20.9. The second kappa shape index (κ2) is 8.08. The topological polar surface area (TPSA) is 64.4 Å². The third-order valence-corrected chi connectivity index (χ3v) is 6.38. The van der Waals surface area contributed by atoms with Crippen LogP contribution in [0.5, 0.6) is 5.75 Å². The highest BCUT2D eigenvalue weighted by Gasteiger charge is 2.40. The summed E-state index contributed by atoms with van der Waals surface area (Å²) in [5.74, 6) is 1.29. The van der Waals surface area contributed by atoms with E-state index in [2.05, 4.69) is 17.5 Å². The Morgan fingerprint density at radius 3 is 2.58 bits per heavy atom. The molecule has 1 aliphatic heterocycles. The number of halogens is 1. The number of fused-ring (bicyclic) bond motifs is 3. The molecule has 0 fully saturated rings. The number of nitro benzene ring substituents is 1. The first-order valence-electron chi connectivity index (χ1n) is 10.3. The number of hydrogen-bond donors (Lipinski definition) is 1. The minimum absolute atomic E-state index is 0.00100. The van der Waals surface area contributed by atoms with Gasteiger partial charge in [-0.25, -0.2) is 0 Å². The van der Waals surface area contributed by atoms with Crippen molar-refractivity contribution < 1.29 is 9.66 Å². The van der Waals surface area contributed by atoms with Crippen LogP contribution in [0.4, 0.5) is 11.4 Å². The van der Waals surface area contributed by atoms with Crippen molar-refractivity contribution in [2.24, 2.45) is 5.92 Å². The Kier molecular flexibility index (Phi) is 5.12. The zero-order valence-electron chi connectivity index (χ0n) is 16.7. The molecule has 0 radical (unpaired) electrons. The number of ether oxygens (including phenoxy) is 1. The number of allylic oxidation sites excluding steroid dienone is 2. The fourth-order valence-electron chi connectivity index (χ4n) is 4.61. The van der Waals surface area contributed by atoms with Gasteiger partial charge in [0.2, 0.25) is 0 Å². The highest BCUT2D eigenvalue weighted by atomic mass is 35.5. The summed E-state index contributed by atoms with van der Waals surface area (Å²) >= 11 is 5.93. The number of nitrogens with zero attached hydrogens (tertiary/aromatic N) is 1. The predicted octanol–water partition coefficient (Wildman–Crippen LogP) is 6.65. The molecule has 1 heterocycles. The Balaban J connectivity index is 1.37. The second-order valence-electron chi connectivity index (χ2n) is 7.96. The van der Waals surface area contributed by atoms with Crippen LogP contribution in [0, 0.1) is 16.0 Å². The lowest BCUT2D eigenvalue weighted by atomic mass is 9.77. The van der Waals surface area contributed by atoms with Gasteiger partial charge in [-0.05, 0) is 53.3 Å². The zero-order chi connectivity index (χ0) is 21.4. The molecule has 2 aliphatic rings. The van der Waals surface area contributed by atoms with E-state index in [9.17, 15) is 10.1 Å². The summed E-state index contributed by atoms with van der Waals surface area (Å²) in [7, 11) is 0. The highest BCUT2D eigenvalue weighted by Crippen LogP contribution is 2.52. The van der Waals surface area contributed by atoms with Gasteiger partial charge in [0, 0.05) is 17.0 Å². The first-order valence-corrected chi connectivity index (χ1v) is 10.7. The lowest BCUT2D eigenvalue weighted by molar-refractivity contribution is -0.384. The van der Waals surface area contributed by atoms with Gasteiger partial charge in [0.25, 0.3) is 5.69 Å². The molecule has 156 valence electrons. The molecule has 5 rings (SSSR count). The molecule has 0 saturated carbocycles. The number of benzene rings is 3. The molecule has 3 aromatic rings. The average molecular weight is 433 g/mol. The van der Waals surface area contributed by atoms with Crippen molar-refractivity contribution in [2.75, 3.05) is 5.32 Å². The first kappa shape index (κ1) is 19.6. The highest BCUT2D eigenvalue weighted by molar-refractivity contribution is 6.30. The van der Waals surface area contributed by atoms with Crippen molar-refractivity contribution in [3.8, 4) is 5.75 Å². The van der Waals surface area contributed by atoms with Crippen LogP contribution in [0.25, 0.3) is 0 Å². The molecule has 5 nitrogen and oxygen atoms in total. The van der Waals surface area contributed by atoms with E-state index in [-0.39, 0.29) is 22.6 Å². The predicted molar refractivity (Wildman–Crippen MR) is 122 cm³/mol. The SMILES string of the molecule is O=[N+]([O-])c1cccc2c1NC(c1ccc(OCc3ccc(Cl)cc3)cc1)C1CC=CC21. The molecule has 0 aromatic heterocycles. The van der Waals surface area contributed by atoms with Gasteiger partial charge in [0.05, 0.1) is 11.0 Å². The van der Waals surface area contributed by atoms with Gasteiger partial charge >= 0.3 is 0 Å². The molecular formula is C25H21ClN2O3. The molecule has 3 unspecified atom stereocenters. The van der Waals surface area contributed by atoms with Crippen molar-refractivity contribution in [2.45, 2.75) is 25.0 Å². The van der Waals surface area contributed by atoms with Gasteiger partial charge < -0.3 is 10.1 Å². The Labute approximate surface area is 185 Å². The van der Waals surface area contributed by atoms with Crippen molar-refractivity contribution in [3.05, 3.63) is 111 Å². The summed E-state index contributed by atoms with van der Waals surface area (Å²) in [5.41, 5.74) is 3.91. The normalized spacial score (nSPS) is 21.1. The molecule has 3 atom stereocenters. The van der Waals surface area contributed by atoms with Gasteiger partial charge in [-0.1, -0.05) is 60.2 Å². The van der Waals surface area contributed by atoms with E-state index < -0.39 is 0 Å². The fourth-order valence-corrected chi connectivity index (χ4v) is 4.73. The minimum atomic E-state index is -0.310. The molecule has 0 amide bonds. The lowest BCUT2D eigenvalue weighted by Crippen LogP contribution is -2.29. The molecule has 31 heavy (non-hydrogen) atoms. The summed E-state index contributed by atoms with van der Waals surface area (Å²) in [6.07, 6.45) is 5.31. The number of rotatable bonds is 5. The van der Waals surface area contributed by atoms with Crippen LogP contribution >= 0.6 is 11.6 Å². The van der Waals surface area contributed by atoms with Crippen LogP contribution in [0.3, 0.4) is 0 Å². The van der Waals surface area contributed by atoms with E-state index in [0.717, 1.165) is 28.9 Å². The largest absolute Gasteiger partial charge is 0.489 e. The summed E-state index contributed by atoms with van der Waals surface area (Å²) in [6.45, 7) is 0.465. The van der Waals surface area contributed by atoms with Crippen LogP contribution in [0.15, 0.2) is 78.9 Å². The molecular weight excluding hydrogens is 412 g/mol.